The first-order valence-electron chi connectivity index (χ1n) is 8.38. The van der Waals surface area contributed by atoms with E-state index in [1.807, 2.05) is 42.5 Å². The first kappa shape index (κ1) is 19.9. The highest BCUT2D eigenvalue weighted by molar-refractivity contribution is 7.99. The second kappa shape index (κ2) is 9.94. The van der Waals surface area contributed by atoms with Gasteiger partial charge in [0.1, 0.15) is 0 Å². The van der Waals surface area contributed by atoms with Crippen LogP contribution in [0.1, 0.15) is 12.0 Å². The van der Waals surface area contributed by atoms with Crippen molar-refractivity contribution in [1.82, 2.24) is 25.5 Å². The molecule has 9 heteroatoms. The lowest BCUT2D eigenvalue weighted by Gasteiger charge is -2.10. The maximum absolute atomic E-state index is 6.16. The van der Waals surface area contributed by atoms with Crippen LogP contribution in [0, 0.1) is 0 Å². The molecule has 0 spiro atoms. The summed E-state index contributed by atoms with van der Waals surface area (Å²) in [7, 11) is 1.55. The Balaban J connectivity index is 1.43. The van der Waals surface area contributed by atoms with Crippen LogP contribution in [0.15, 0.2) is 47.6 Å². The third-order valence-electron chi connectivity index (χ3n) is 3.76. The lowest BCUT2D eigenvalue weighted by Crippen LogP contribution is -2.15. The highest BCUT2D eigenvalue weighted by atomic mass is 35.5. The number of nitrogens with zero attached hydrogens (tertiary/aromatic N) is 4. The lowest BCUT2D eigenvalue weighted by atomic mass is 10.2. The normalized spacial score (nSPS) is 10.9. The number of benzene rings is 2. The van der Waals surface area contributed by atoms with Crippen LogP contribution in [-0.4, -0.2) is 39.6 Å². The minimum absolute atomic E-state index is 0.509. The minimum Gasteiger partial charge on any atom is -0.494 e. The SMILES string of the molecule is COc1c(Cl)cc(CNCCCSc2nnnn2-c2ccccc2)cc1Cl. The summed E-state index contributed by atoms with van der Waals surface area (Å²) in [6.07, 6.45) is 0.976. The predicted molar refractivity (Wildman–Crippen MR) is 109 cm³/mol. The molecule has 3 aromatic rings. The molecule has 0 aliphatic rings. The van der Waals surface area contributed by atoms with Crippen molar-refractivity contribution in [3.8, 4) is 11.4 Å². The number of rotatable bonds is 9. The monoisotopic (exact) mass is 423 g/mol. The van der Waals surface area contributed by atoms with Gasteiger partial charge in [-0.3, -0.25) is 0 Å². The van der Waals surface area contributed by atoms with Crippen LogP contribution in [0.25, 0.3) is 5.69 Å². The number of halogens is 2. The Bertz CT molecular complexity index is 852. The zero-order chi connectivity index (χ0) is 19.1. The van der Waals surface area contributed by atoms with Crippen molar-refractivity contribution >= 4 is 35.0 Å². The van der Waals surface area contributed by atoms with Crippen LogP contribution >= 0.6 is 35.0 Å². The van der Waals surface area contributed by atoms with Gasteiger partial charge < -0.3 is 10.1 Å². The van der Waals surface area contributed by atoms with E-state index >= 15 is 0 Å². The summed E-state index contributed by atoms with van der Waals surface area (Å²) in [6.45, 7) is 1.55. The van der Waals surface area contributed by atoms with Gasteiger partial charge in [-0.15, -0.1) is 5.10 Å². The highest BCUT2D eigenvalue weighted by Gasteiger charge is 2.09. The molecule has 0 saturated heterocycles. The molecule has 0 fully saturated rings. The van der Waals surface area contributed by atoms with Gasteiger partial charge >= 0.3 is 0 Å². The predicted octanol–water partition coefficient (Wildman–Crippen LogP) is 4.25. The molecule has 0 saturated carbocycles. The Hall–Kier alpha value is -1.80. The molecule has 0 radical (unpaired) electrons. The molecule has 27 heavy (non-hydrogen) atoms. The molecule has 142 valence electrons. The molecule has 2 aromatic carbocycles. The Labute approximate surface area is 172 Å². The lowest BCUT2D eigenvalue weighted by molar-refractivity contribution is 0.415. The number of thioether (sulfide) groups is 1. The van der Waals surface area contributed by atoms with Gasteiger partial charge in [-0.05, 0) is 53.2 Å². The molecule has 0 atom stereocenters. The fraction of sp³-hybridized carbons (Fsp3) is 0.278. The third-order valence-corrected chi connectivity index (χ3v) is 5.33. The number of ether oxygens (including phenoxy) is 1. The molecule has 0 aliphatic heterocycles. The molecule has 0 bridgehead atoms. The zero-order valence-corrected chi connectivity index (χ0v) is 17.1. The first-order valence-corrected chi connectivity index (χ1v) is 10.1. The number of nitrogens with one attached hydrogen (secondary N) is 1. The van der Waals surface area contributed by atoms with Crippen molar-refractivity contribution in [3.63, 3.8) is 0 Å². The molecule has 1 heterocycles. The summed E-state index contributed by atoms with van der Waals surface area (Å²) in [5.41, 5.74) is 1.97. The van der Waals surface area contributed by atoms with Crippen molar-refractivity contribution in [2.24, 2.45) is 0 Å². The standard InChI is InChI=1S/C18H19Cl2N5OS/c1-26-17-15(19)10-13(11-16(17)20)12-21-8-5-9-27-18-22-23-24-25(18)14-6-3-2-4-7-14/h2-4,6-7,10-11,21H,5,8-9,12H2,1H3. The third kappa shape index (κ3) is 5.35. The number of para-hydroxylation sites is 1. The Morgan fingerprint density at radius 2 is 1.89 bits per heavy atom. The highest BCUT2D eigenvalue weighted by Crippen LogP contribution is 2.33. The van der Waals surface area contributed by atoms with Crippen LogP contribution in [0.2, 0.25) is 10.0 Å². The molecule has 3 rings (SSSR count). The number of tetrazole rings is 1. The zero-order valence-electron chi connectivity index (χ0n) is 14.7. The van der Waals surface area contributed by atoms with E-state index < -0.39 is 0 Å². The molecular weight excluding hydrogens is 405 g/mol. The number of methoxy groups -OCH3 is 1. The summed E-state index contributed by atoms with van der Waals surface area (Å²) >= 11 is 13.9. The smallest absolute Gasteiger partial charge is 0.214 e. The number of hydrogen-bond acceptors (Lipinski definition) is 6. The molecule has 6 nitrogen and oxygen atoms in total. The van der Waals surface area contributed by atoms with E-state index in [0.717, 1.165) is 35.1 Å². The van der Waals surface area contributed by atoms with Gasteiger partial charge in [0.05, 0.1) is 22.8 Å². The Morgan fingerprint density at radius 3 is 2.59 bits per heavy atom. The van der Waals surface area contributed by atoms with Crippen LogP contribution < -0.4 is 10.1 Å². The number of hydrogen-bond donors (Lipinski definition) is 1. The Morgan fingerprint density at radius 1 is 1.15 bits per heavy atom. The molecule has 0 amide bonds. The van der Waals surface area contributed by atoms with Gasteiger partial charge in [-0.25, -0.2) is 0 Å². The largest absolute Gasteiger partial charge is 0.494 e. The van der Waals surface area contributed by atoms with Gasteiger partial charge in [0.2, 0.25) is 5.16 Å². The van der Waals surface area contributed by atoms with Gasteiger partial charge in [0.25, 0.3) is 0 Å². The van der Waals surface area contributed by atoms with E-state index in [2.05, 4.69) is 20.8 Å². The van der Waals surface area contributed by atoms with Gasteiger partial charge in [0.15, 0.2) is 5.75 Å². The minimum atomic E-state index is 0.509. The maximum atomic E-state index is 6.16. The second-order valence-corrected chi connectivity index (χ2v) is 7.56. The summed E-state index contributed by atoms with van der Waals surface area (Å²) in [5.74, 6) is 1.42. The summed E-state index contributed by atoms with van der Waals surface area (Å²) in [4.78, 5) is 0. The fourth-order valence-corrected chi connectivity index (χ4v) is 4.02. The number of aromatic nitrogens is 4. The topological polar surface area (TPSA) is 64.9 Å². The van der Waals surface area contributed by atoms with Crippen molar-refractivity contribution in [1.29, 1.82) is 0 Å². The van der Waals surface area contributed by atoms with Crippen LogP contribution in [-0.2, 0) is 6.54 Å². The summed E-state index contributed by atoms with van der Waals surface area (Å²) < 4.78 is 6.91. The van der Waals surface area contributed by atoms with E-state index in [-0.39, 0.29) is 0 Å². The van der Waals surface area contributed by atoms with E-state index in [1.54, 1.807) is 23.6 Å². The van der Waals surface area contributed by atoms with Crippen molar-refractivity contribution in [2.75, 3.05) is 19.4 Å². The van der Waals surface area contributed by atoms with E-state index in [0.29, 0.717) is 22.3 Å². The molecule has 1 aromatic heterocycles. The molecular formula is C18H19Cl2N5OS. The van der Waals surface area contributed by atoms with Crippen LogP contribution in [0.5, 0.6) is 5.75 Å². The quantitative estimate of drug-likeness (QED) is 0.409. The van der Waals surface area contributed by atoms with Crippen molar-refractivity contribution in [2.45, 2.75) is 18.1 Å². The van der Waals surface area contributed by atoms with E-state index in [1.165, 1.54) is 0 Å². The van der Waals surface area contributed by atoms with E-state index in [9.17, 15) is 0 Å². The maximum Gasteiger partial charge on any atom is 0.214 e. The molecule has 1 N–H and O–H groups in total. The summed E-state index contributed by atoms with van der Waals surface area (Å²) in [5, 5.41) is 17.1. The van der Waals surface area contributed by atoms with Crippen molar-refractivity contribution in [3.05, 3.63) is 58.1 Å². The van der Waals surface area contributed by atoms with Gasteiger partial charge in [-0.2, -0.15) is 4.68 Å². The molecule has 0 unspecified atom stereocenters. The van der Waals surface area contributed by atoms with Crippen LogP contribution in [0.3, 0.4) is 0 Å². The van der Waals surface area contributed by atoms with Gasteiger partial charge in [-0.1, -0.05) is 53.2 Å². The first-order chi connectivity index (χ1) is 13.2. The van der Waals surface area contributed by atoms with Gasteiger partial charge in [0, 0.05) is 12.3 Å². The molecule has 0 aliphatic carbocycles. The van der Waals surface area contributed by atoms with Crippen molar-refractivity contribution < 1.29 is 4.74 Å². The van der Waals surface area contributed by atoms with Crippen LogP contribution in [0.4, 0.5) is 0 Å². The average molecular weight is 424 g/mol. The Kier molecular flexibility index (Phi) is 7.34. The fourth-order valence-electron chi connectivity index (χ4n) is 2.50. The second-order valence-electron chi connectivity index (χ2n) is 5.68. The summed E-state index contributed by atoms with van der Waals surface area (Å²) in [6, 6.07) is 13.6. The van der Waals surface area contributed by atoms with E-state index in [4.69, 9.17) is 27.9 Å². The average Bonchev–Trinajstić information content (AvgIpc) is 3.13.